The molecule has 0 aliphatic heterocycles. The first-order chi connectivity index (χ1) is 12.8. The second kappa shape index (κ2) is 7.91. The fraction of sp³-hybridized carbons (Fsp3) is 0.125. The lowest BCUT2D eigenvalue weighted by molar-refractivity contribution is -0.384. The van der Waals surface area contributed by atoms with E-state index in [1.165, 1.54) is 19.2 Å². The van der Waals surface area contributed by atoms with Crippen LogP contribution in [0.5, 0.6) is 5.75 Å². The van der Waals surface area contributed by atoms with Crippen molar-refractivity contribution < 1.29 is 28.9 Å². The normalized spacial score (nSPS) is 10.0. The summed E-state index contributed by atoms with van der Waals surface area (Å²) in [6.07, 6.45) is 0. The fourth-order valence-corrected chi connectivity index (χ4v) is 2.17. The highest BCUT2D eigenvalue weighted by Crippen LogP contribution is 2.29. The maximum atomic E-state index is 12.4. The van der Waals surface area contributed by atoms with Crippen molar-refractivity contribution in [3.8, 4) is 5.75 Å². The predicted octanol–water partition coefficient (Wildman–Crippen LogP) is 2.55. The van der Waals surface area contributed by atoms with Gasteiger partial charge in [0.25, 0.3) is 17.3 Å². The molecule has 0 bridgehead atoms. The number of nitro groups is 2. The molecular formula is C16H13N3O8. The van der Waals surface area contributed by atoms with Crippen LogP contribution in [0.25, 0.3) is 0 Å². The first-order valence-electron chi connectivity index (χ1n) is 7.28. The van der Waals surface area contributed by atoms with E-state index in [0.717, 1.165) is 31.4 Å². The van der Waals surface area contributed by atoms with Crippen LogP contribution in [0.15, 0.2) is 36.4 Å². The van der Waals surface area contributed by atoms with Gasteiger partial charge >= 0.3 is 5.97 Å². The van der Waals surface area contributed by atoms with E-state index in [2.05, 4.69) is 10.1 Å². The first-order valence-corrected chi connectivity index (χ1v) is 7.28. The summed E-state index contributed by atoms with van der Waals surface area (Å²) in [5, 5.41) is 24.5. The molecule has 11 heteroatoms. The Labute approximate surface area is 151 Å². The minimum Gasteiger partial charge on any atom is -0.496 e. The fourth-order valence-electron chi connectivity index (χ4n) is 2.17. The maximum absolute atomic E-state index is 12.4. The molecule has 2 aromatic carbocycles. The number of benzene rings is 2. The molecule has 0 saturated heterocycles. The van der Waals surface area contributed by atoms with Crippen molar-refractivity contribution in [2.75, 3.05) is 19.5 Å². The summed E-state index contributed by atoms with van der Waals surface area (Å²) < 4.78 is 9.41. The standard InChI is InChI=1S/C16H13N3O8/c1-26-12-3-4-13(14(8-12)19(24)25)17-15(20)9-5-10(16(21)27-2)7-11(6-9)18(22)23/h3-8H,1-2H3,(H,17,20). The summed E-state index contributed by atoms with van der Waals surface area (Å²) >= 11 is 0. The van der Waals surface area contributed by atoms with Gasteiger partial charge in [0.1, 0.15) is 11.4 Å². The number of methoxy groups -OCH3 is 2. The number of nitro benzene ring substituents is 2. The van der Waals surface area contributed by atoms with E-state index in [4.69, 9.17) is 4.74 Å². The van der Waals surface area contributed by atoms with Gasteiger partial charge < -0.3 is 14.8 Å². The number of rotatable bonds is 6. The molecule has 0 fully saturated rings. The smallest absolute Gasteiger partial charge is 0.338 e. The van der Waals surface area contributed by atoms with Crippen LogP contribution >= 0.6 is 0 Å². The number of hydrogen-bond acceptors (Lipinski definition) is 8. The molecule has 0 spiro atoms. The molecule has 2 aromatic rings. The zero-order valence-corrected chi connectivity index (χ0v) is 14.1. The van der Waals surface area contributed by atoms with E-state index in [9.17, 15) is 29.8 Å². The van der Waals surface area contributed by atoms with E-state index in [1.807, 2.05) is 0 Å². The number of ether oxygens (including phenoxy) is 2. The number of nitrogens with zero attached hydrogens (tertiary/aromatic N) is 2. The molecule has 1 N–H and O–H groups in total. The third kappa shape index (κ3) is 4.34. The SMILES string of the molecule is COC(=O)c1cc(C(=O)Nc2ccc(OC)cc2[N+](=O)[O-])cc([N+](=O)[O-])c1. The lowest BCUT2D eigenvalue weighted by Gasteiger charge is -2.08. The maximum Gasteiger partial charge on any atom is 0.338 e. The van der Waals surface area contributed by atoms with Gasteiger partial charge in [0.15, 0.2) is 0 Å². The van der Waals surface area contributed by atoms with Crippen LogP contribution < -0.4 is 10.1 Å². The van der Waals surface area contributed by atoms with Crippen LogP contribution in [0.1, 0.15) is 20.7 Å². The van der Waals surface area contributed by atoms with Crippen LogP contribution in [0, 0.1) is 20.2 Å². The Bertz CT molecular complexity index is 941. The topological polar surface area (TPSA) is 151 Å². The lowest BCUT2D eigenvalue weighted by Crippen LogP contribution is -2.15. The second-order valence-electron chi connectivity index (χ2n) is 5.11. The average Bonchev–Trinajstić information content (AvgIpc) is 2.66. The van der Waals surface area contributed by atoms with Gasteiger partial charge in [-0.3, -0.25) is 25.0 Å². The Morgan fingerprint density at radius 1 is 0.963 bits per heavy atom. The predicted molar refractivity (Wildman–Crippen MR) is 92.0 cm³/mol. The van der Waals surface area contributed by atoms with Gasteiger partial charge in [0, 0.05) is 17.7 Å². The molecule has 11 nitrogen and oxygen atoms in total. The molecule has 0 saturated carbocycles. The number of esters is 1. The van der Waals surface area contributed by atoms with E-state index >= 15 is 0 Å². The molecule has 0 atom stereocenters. The van der Waals surface area contributed by atoms with Crippen LogP contribution in [-0.4, -0.2) is 35.9 Å². The Kier molecular flexibility index (Phi) is 5.65. The van der Waals surface area contributed by atoms with Crippen molar-refractivity contribution in [2.45, 2.75) is 0 Å². The van der Waals surface area contributed by atoms with Crippen LogP contribution in [0.4, 0.5) is 17.1 Å². The van der Waals surface area contributed by atoms with Gasteiger partial charge in [-0.15, -0.1) is 0 Å². The summed E-state index contributed by atoms with van der Waals surface area (Å²) in [7, 11) is 2.41. The van der Waals surface area contributed by atoms with Gasteiger partial charge in [-0.2, -0.15) is 0 Å². The zero-order valence-electron chi connectivity index (χ0n) is 14.1. The van der Waals surface area contributed by atoms with Gasteiger partial charge in [-0.05, 0) is 18.2 Å². The number of amides is 1. The molecule has 140 valence electrons. The zero-order chi connectivity index (χ0) is 20.1. The summed E-state index contributed by atoms with van der Waals surface area (Å²) in [5.74, 6) is -1.54. The van der Waals surface area contributed by atoms with E-state index < -0.39 is 33.1 Å². The average molecular weight is 375 g/mol. The number of carbonyl (C=O) groups excluding carboxylic acids is 2. The Morgan fingerprint density at radius 2 is 1.63 bits per heavy atom. The molecule has 27 heavy (non-hydrogen) atoms. The van der Waals surface area contributed by atoms with Crippen LogP contribution in [-0.2, 0) is 4.74 Å². The van der Waals surface area contributed by atoms with Crippen molar-refractivity contribution >= 4 is 28.9 Å². The molecule has 1 amide bonds. The van der Waals surface area contributed by atoms with Gasteiger partial charge in [-0.1, -0.05) is 0 Å². The molecule has 0 aliphatic carbocycles. The number of non-ortho nitro benzene ring substituents is 1. The number of carbonyl (C=O) groups is 2. The Morgan fingerprint density at radius 3 is 2.19 bits per heavy atom. The second-order valence-corrected chi connectivity index (χ2v) is 5.11. The monoisotopic (exact) mass is 375 g/mol. The molecule has 0 unspecified atom stereocenters. The summed E-state index contributed by atoms with van der Waals surface area (Å²) in [5.41, 5.74) is -1.53. The number of hydrogen-bond donors (Lipinski definition) is 1. The van der Waals surface area contributed by atoms with Crippen LogP contribution in [0.3, 0.4) is 0 Å². The molecule has 0 aromatic heterocycles. The van der Waals surface area contributed by atoms with Crippen molar-refractivity contribution in [1.82, 2.24) is 0 Å². The third-order valence-corrected chi connectivity index (χ3v) is 3.46. The highest BCUT2D eigenvalue weighted by molar-refractivity contribution is 6.07. The molecule has 2 rings (SSSR count). The number of anilines is 1. The van der Waals surface area contributed by atoms with Crippen LogP contribution in [0.2, 0.25) is 0 Å². The van der Waals surface area contributed by atoms with Crippen molar-refractivity contribution in [1.29, 1.82) is 0 Å². The minimum atomic E-state index is -0.878. The highest BCUT2D eigenvalue weighted by atomic mass is 16.6. The molecule has 0 radical (unpaired) electrons. The first kappa shape index (κ1) is 19.3. The Hall–Kier alpha value is -4.02. The molecular weight excluding hydrogens is 362 g/mol. The summed E-state index contributed by atoms with van der Waals surface area (Å²) in [4.78, 5) is 44.8. The largest absolute Gasteiger partial charge is 0.496 e. The van der Waals surface area contributed by atoms with Gasteiger partial charge in [-0.25, -0.2) is 4.79 Å². The van der Waals surface area contributed by atoms with E-state index in [0.29, 0.717) is 0 Å². The quantitative estimate of drug-likeness (QED) is 0.459. The third-order valence-electron chi connectivity index (χ3n) is 3.46. The minimum absolute atomic E-state index is 0.142. The van der Waals surface area contributed by atoms with Gasteiger partial charge in [0.05, 0.1) is 35.7 Å². The summed E-state index contributed by atoms with van der Waals surface area (Å²) in [6, 6.07) is 6.76. The van der Waals surface area contributed by atoms with Crippen molar-refractivity contribution in [3.05, 3.63) is 67.8 Å². The van der Waals surface area contributed by atoms with Gasteiger partial charge in [0.2, 0.25) is 0 Å². The molecule has 0 aliphatic rings. The highest BCUT2D eigenvalue weighted by Gasteiger charge is 2.21. The molecule has 0 heterocycles. The Balaban J connectivity index is 2.44. The van der Waals surface area contributed by atoms with E-state index in [1.54, 1.807) is 0 Å². The lowest BCUT2D eigenvalue weighted by atomic mass is 10.1. The number of nitrogens with one attached hydrogen (secondary N) is 1. The van der Waals surface area contributed by atoms with Crippen molar-refractivity contribution in [2.24, 2.45) is 0 Å². The van der Waals surface area contributed by atoms with E-state index in [-0.39, 0.29) is 22.6 Å². The van der Waals surface area contributed by atoms with Crippen molar-refractivity contribution in [3.63, 3.8) is 0 Å². The summed E-state index contributed by atoms with van der Waals surface area (Å²) in [6.45, 7) is 0.